The maximum absolute atomic E-state index is 12.5. The lowest BCUT2D eigenvalue weighted by atomic mass is 10.0. The van der Waals surface area contributed by atoms with Crippen molar-refractivity contribution in [3.63, 3.8) is 0 Å². The maximum Gasteiger partial charge on any atom is 0.328 e. The van der Waals surface area contributed by atoms with E-state index in [1.165, 1.54) is 10.9 Å². The first-order chi connectivity index (χ1) is 15.0. The maximum atomic E-state index is 12.5. The number of hydrogen-bond acceptors (Lipinski definition) is 10. The van der Waals surface area contributed by atoms with Gasteiger partial charge < -0.3 is 31.4 Å². The van der Waals surface area contributed by atoms with Gasteiger partial charge in [-0.3, -0.25) is 19.1 Å². The molecule has 1 amide bonds. The number of anilines is 1. The Balaban J connectivity index is 1.96. The van der Waals surface area contributed by atoms with E-state index in [1.54, 1.807) is 27.7 Å². The van der Waals surface area contributed by atoms with Gasteiger partial charge in [0.05, 0.1) is 19.0 Å². The fourth-order valence-electron chi connectivity index (χ4n) is 2.72. The van der Waals surface area contributed by atoms with Gasteiger partial charge in [-0.25, -0.2) is 9.78 Å². The van der Waals surface area contributed by atoms with Gasteiger partial charge in [-0.15, -0.1) is 0 Å². The molecule has 0 saturated carbocycles. The molecule has 0 aliphatic heterocycles. The average molecular weight is 454 g/mol. The van der Waals surface area contributed by atoms with Gasteiger partial charge in [0.15, 0.2) is 11.2 Å². The molecule has 178 valence electrons. The van der Waals surface area contributed by atoms with Crippen molar-refractivity contribution in [1.82, 2.24) is 24.8 Å². The van der Waals surface area contributed by atoms with Crippen LogP contribution in [0.25, 0.3) is 11.2 Å². The Morgan fingerprint density at radius 1 is 1.28 bits per heavy atom. The Morgan fingerprint density at radius 2 is 1.97 bits per heavy atom. The monoisotopic (exact) mass is 453 g/mol. The molecule has 0 saturated heterocycles. The van der Waals surface area contributed by atoms with Crippen molar-refractivity contribution in [3.8, 4) is 0 Å². The number of carbonyl (C=O) groups excluding carboxylic acids is 2. The SMILES string of the molecule is CC(C)[C@@H](N)C(=O)N[C@@H](C(=O)OCC(CO)OCn1cnc2c(=O)[nH]c(N)nc21)C(C)C. The fourth-order valence-corrected chi connectivity index (χ4v) is 2.72. The molecule has 32 heavy (non-hydrogen) atoms. The lowest BCUT2D eigenvalue weighted by Gasteiger charge is -2.25. The molecule has 0 fully saturated rings. The van der Waals surface area contributed by atoms with E-state index in [0.717, 1.165) is 0 Å². The minimum Gasteiger partial charge on any atom is -0.461 e. The van der Waals surface area contributed by atoms with Gasteiger partial charge in [-0.05, 0) is 11.8 Å². The largest absolute Gasteiger partial charge is 0.461 e. The Bertz CT molecular complexity index is 986. The van der Waals surface area contributed by atoms with Gasteiger partial charge in [-0.1, -0.05) is 27.7 Å². The number of aliphatic hydroxyl groups excluding tert-OH is 1. The number of ether oxygens (including phenoxy) is 2. The Labute approximate surface area is 184 Å². The molecule has 0 radical (unpaired) electrons. The number of imidazole rings is 1. The van der Waals surface area contributed by atoms with Gasteiger partial charge in [0.2, 0.25) is 11.9 Å². The first-order valence-corrected chi connectivity index (χ1v) is 10.2. The molecular weight excluding hydrogens is 422 g/mol. The number of hydrogen-bond donors (Lipinski definition) is 5. The predicted octanol–water partition coefficient (Wildman–Crippen LogP) is -1.30. The van der Waals surface area contributed by atoms with Gasteiger partial charge in [-0.2, -0.15) is 4.98 Å². The number of aromatic nitrogens is 4. The molecule has 1 unspecified atom stereocenters. The number of amides is 1. The normalized spacial score (nSPS) is 14.5. The van der Waals surface area contributed by atoms with Crippen LogP contribution in [-0.2, 0) is 25.8 Å². The van der Waals surface area contributed by atoms with Gasteiger partial charge >= 0.3 is 5.97 Å². The van der Waals surface area contributed by atoms with Crippen LogP contribution < -0.4 is 22.3 Å². The first-order valence-electron chi connectivity index (χ1n) is 10.2. The number of aliphatic hydroxyl groups is 1. The van der Waals surface area contributed by atoms with E-state index in [9.17, 15) is 19.5 Å². The molecule has 2 heterocycles. The molecule has 7 N–H and O–H groups in total. The highest BCUT2D eigenvalue weighted by atomic mass is 16.6. The van der Waals surface area contributed by atoms with Crippen LogP contribution in [0.1, 0.15) is 27.7 Å². The van der Waals surface area contributed by atoms with Crippen molar-refractivity contribution < 1.29 is 24.2 Å². The second-order valence-corrected chi connectivity index (χ2v) is 8.07. The molecule has 2 aromatic rings. The third kappa shape index (κ3) is 6.24. The van der Waals surface area contributed by atoms with E-state index < -0.39 is 42.2 Å². The van der Waals surface area contributed by atoms with Crippen LogP contribution in [0.5, 0.6) is 0 Å². The summed E-state index contributed by atoms with van der Waals surface area (Å²) in [7, 11) is 0. The van der Waals surface area contributed by atoms with Crippen molar-refractivity contribution >= 4 is 29.0 Å². The van der Waals surface area contributed by atoms with Crippen LogP contribution in [0.4, 0.5) is 5.95 Å². The summed E-state index contributed by atoms with van der Waals surface area (Å²) in [5.74, 6) is -1.52. The smallest absolute Gasteiger partial charge is 0.328 e. The van der Waals surface area contributed by atoms with Crippen LogP contribution in [0, 0.1) is 11.8 Å². The molecule has 13 nitrogen and oxygen atoms in total. The second kappa shape index (κ2) is 11.0. The van der Waals surface area contributed by atoms with E-state index >= 15 is 0 Å². The Hall–Kier alpha value is -3.03. The van der Waals surface area contributed by atoms with Crippen LogP contribution >= 0.6 is 0 Å². The molecule has 0 bridgehead atoms. The number of aromatic amines is 1. The predicted molar refractivity (Wildman–Crippen MR) is 115 cm³/mol. The zero-order valence-corrected chi connectivity index (χ0v) is 18.6. The highest BCUT2D eigenvalue weighted by Crippen LogP contribution is 2.09. The molecule has 13 heteroatoms. The van der Waals surface area contributed by atoms with E-state index in [4.69, 9.17) is 20.9 Å². The summed E-state index contributed by atoms with van der Waals surface area (Å²) in [5.41, 5.74) is 11.2. The van der Waals surface area contributed by atoms with Crippen molar-refractivity contribution in [2.75, 3.05) is 18.9 Å². The van der Waals surface area contributed by atoms with E-state index in [1.807, 2.05) is 0 Å². The Morgan fingerprint density at radius 3 is 2.56 bits per heavy atom. The summed E-state index contributed by atoms with van der Waals surface area (Å²) in [4.78, 5) is 46.9. The van der Waals surface area contributed by atoms with Crippen molar-refractivity contribution in [3.05, 3.63) is 16.7 Å². The molecule has 0 spiro atoms. The van der Waals surface area contributed by atoms with Crippen molar-refractivity contribution in [1.29, 1.82) is 0 Å². The van der Waals surface area contributed by atoms with Crippen LogP contribution in [-0.4, -0.2) is 67.9 Å². The fraction of sp³-hybridized carbons (Fsp3) is 0.632. The number of fused-ring (bicyclic) bond motifs is 1. The molecule has 0 aliphatic carbocycles. The molecule has 2 rings (SSSR count). The van der Waals surface area contributed by atoms with E-state index in [0.29, 0.717) is 0 Å². The first kappa shape index (κ1) is 25.2. The molecule has 2 aromatic heterocycles. The number of carbonyl (C=O) groups is 2. The van der Waals surface area contributed by atoms with Gasteiger partial charge in [0, 0.05) is 0 Å². The number of nitrogens with zero attached hydrogens (tertiary/aromatic N) is 3. The highest BCUT2D eigenvalue weighted by Gasteiger charge is 2.29. The molecular formula is C19H31N7O6. The number of nitrogens with one attached hydrogen (secondary N) is 2. The van der Waals surface area contributed by atoms with Crippen LogP contribution in [0.2, 0.25) is 0 Å². The number of esters is 1. The quantitative estimate of drug-likeness (QED) is 0.255. The minimum absolute atomic E-state index is 0.0733. The van der Waals surface area contributed by atoms with Gasteiger partial charge in [0.25, 0.3) is 5.56 Å². The summed E-state index contributed by atoms with van der Waals surface area (Å²) in [6.45, 7) is 6.32. The standard InChI is InChI=1S/C19H31N7O6/c1-9(2)12(20)16(28)23-13(10(3)4)18(30)31-6-11(5-27)32-8-26-7-22-14-15(26)24-19(21)25-17(14)29/h7,9-13,27H,5-6,8,20H2,1-4H3,(H,23,28)(H3,21,24,25,29)/t11?,12-,13-/m1/s1. The summed E-state index contributed by atoms with van der Waals surface area (Å²) in [6, 6.07) is -1.65. The molecule has 0 aliphatic rings. The Kier molecular flexibility index (Phi) is 8.69. The summed E-state index contributed by atoms with van der Waals surface area (Å²) in [5, 5.41) is 12.2. The average Bonchev–Trinajstić information content (AvgIpc) is 3.13. The summed E-state index contributed by atoms with van der Waals surface area (Å²) < 4.78 is 12.2. The molecule has 0 aromatic carbocycles. The van der Waals surface area contributed by atoms with E-state index in [-0.39, 0.29) is 42.3 Å². The minimum atomic E-state index is -0.900. The summed E-state index contributed by atoms with van der Waals surface area (Å²) >= 11 is 0. The number of nitrogens with two attached hydrogens (primary N) is 2. The number of rotatable bonds is 11. The second-order valence-electron chi connectivity index (χ2n) is 8.07. The highest BCUT2D eigenvalue weighted by molar-refractivity contribution is 5.87. The van der Waals surface area contributed by atoms with Gasteiger partial charge in [0.1, 0.15) is 25.5 Å². The zero-order chi connectivity index (χ0) is 24.0. The van der Waals surface area contributed by atoms with Crippen LogP contribution in [0.15, 0.2) is 11.1 Å². The molecule has 3 atom stereocenters. The zero-order valence-electron chi connectivity index (χ0n) is 18.6. The summed E-state index contributed by atoms with van der Waals surface area (Å²) in [6.07, 6.45) is 0.479. The van der Waals surface area contributed by atoms with Crippen LogP contribution in [0.3, 0.4) is 0 Å². The van der Waals surface area contributed by atoms with Crippen molar-refractivity contribution in [2.24, 2.45) is 17.6 Å². The van der Waals surface area contributed by atoms with Crippen molar-refractivity contribution in [2.45, 2.75) is 52.6 Å². The lowest BCUT2D eigenvalue weighted by molar-refractivity contribution is -0.155. The third-order valence-electron chi connectivity index (χ3n) is 4.80. The third-order valence-corrected chi connectivity index (χ3v) is 4.80. The topological polar surface area (TPSA) is 200 Å². The number of nitrogen functional groups attached to an aromatic ring is 1. The lowest BCUT2D eigenvalue weighted by Crippen LogP contribution is -2.52. The van der Waals surface area contributed by atoms with E-state index in [2.05, 4.69) is 20.3 Å². The number of H-pyrrole nitrogens is 1.